The Morgan fingerprint density at radius 2 is 2.27 bits per heavy atom. The summed E-state index contributed by atoms with van der Waals surface area (Å²) in [5.41, 5.74) is 0.760. The second kappa shape index (κ2) is 10.5. The third-order valence-corrected chi connectivity index (χ3v) is 5.37. The summed E-state index contributed by atoms with van der Waals surface area (Å²) in [4.78, 5) is 34.8. The Morgan fingerprint density at radius 1 is 1.39 bits per heavy atom. The van der Waals surface area contributed by atoms with E-state index in [4.69, 9.17) is 13.9 Å². The van der Waals surface area contributed by atoms with Gasteiger partial charge in [0.1, 0.15) is 18.5 Å². The number of rotatable bonds is 8. The minimum absolute atomic E-state index is 0.102. The predicted molar refractivity (Wildman–Crippen MR) is 120 cm³/mol. The van der Waals surface area contributed by atoms with Crippen LogP contribution in [0.1, 0.15) is 11.5 Å². The first-order chi connectivity index (χ1) is 16.0. The molecule has 0 radical (unpaired) electrons. The Morgan fingerprint density at radius 3 is 3.06 bits per heavy atom. The molecule has 33 heavy (non-hydrogen) atoms. The lowest BCUT2D eigenvalue weighted by Gasteiger charge is -2.32. The van der Waals surface area contributed by atoms with Crippen molar-refractivity contribution < 1.29 is 23.5 Å². The van der Waals surface area contributed by atoms with Crippen molar-refractivity contribution in [1.29, 1.82) is 0 Å². The molecular formula is C21H24N6O5S. The number of carbonyl (C=O) groups excluding carboxylic acids is 2. The molecule has 4 rings (SSSR count). The maximum atomic E-state index is 12.5. The number of nitrogens with zero attached hydrogens (tertiary/aromatic N) is 5. The number of fused-ring (bicyclic) bond motifs is 1. The maximum Gasteiger partial charge on any atom is 0.256 e. The van der Waals surface area contributed by atoms with Crippen molar-refractivity contribution in [2.75, 3.05) is 39.1 Å². The topological polar surface area (TPSA) is 124 Å². The molecule has 1 unspecified atom stereocenters. The van der Waals surface area contributed by atoms with E-state index in [1.807, 2.05) is 13.2 Å². The number of aryl methyl sites for hydroxylation is 1. The van der Waals surface area contributed by atoms with Crippen LogP contribution in [0.2, 0.25) is 0 Å². The van der Waals surface area contributed by atoms with Gasteiger partial charge in [0.05, 0.1) is 26.0 Å². The lowest BCUT2D eigenvalue weighted by molar-refractivity contribution is -0.140. The lowest BCUT2D eigenvalue weighted by atomic mass is 10.2. The molecular weight excluding hydrogens is 448 g/mol. The minimum atomic E-state index is -0.373. The van der Waals surface area contributed by atoms with Gasteiger partial charge in [-0.15, -0.1) is 5.10 Å². The van der Waals surface area contributed by atoms with Crippen LogP contribution in [-0.2, 0) is 14.3 Å². The van der Waals surface area contributed by atoms with Gasteiger partial charge < -0.3 is 24.1 Å². The van der Waals surface area contributed by atoms with Crippen LogP contribution in [0, 0.1) is 6.92 Å². The van der Waals surface area contributed by atoms with E-state index in [-0.39, 0.29) is 31.1 Å². The molecule has 2 amide bonds. The predicted octanol–water partition coefficient (Wildman–Crippen LogP) is 1.18. The molecule has 3 aromatic heterocycles. The summed E-state index contributed by atoms with van der Waals surface area (Å²) in [7, 11) is 0. The summed E-state index contributed by atoms with van der Waals surface area (Å²) in [5, 5.41) is 7.57. The van der Waals surface area contributed by atoms with E-state index in [2.05, 4.69) is 20.4 Å². The van der Waals surface area contributed by atoms with Gasteiger partial charge in [-0.05, 0) is 31.4 Å². The second-order valence-electron chi connectivity index (χ2n) is 7.26. The van der Waals surface area contributed by atoms with Crippen molar-refractivity contribution in [3.8, 4) is 5.88 Å². The van der Waals surface area contributed by atoms with Gasteiger partial charge in [0.25, 0.3) is 5.78 Å². The molecule has 11 nitrogen and oxygen atoms in total. The fraction of sp³-hybridized carbons (Fsp3) is 0.381. The molecule has 0 aliphatic carbocycles. The molecule has 1 N–H and O–H groups in total. The fourth-order valence-corrected chi connectivity index (χ4v) is 3.56. The van der Waals surface area contributed by atoms with E-state index < -0.39 is 0 Å². The van der Waals surface area contributed by atoms with Crippen molar-refractivity contribution in [2.45, 2.75) is 18.2 Å². The highest BCUT2D eigenvalue weighted by Crippen LogP contribution is 2.18. The van der Waals surface area contributed by atoms with Crippen LogP contribution in [0.4, 0.5) is 0 Å². The van der Waals surface area contributed by atoms with Gasteiger partial charge in [0.2, 0.25) is 22.9 Å². The van der Waals surface area contributed by atoms with Crippen LogP contribution in [0.5, 0.6) is 5.88 Å². The van der Waals surface area contributed by atoms with E-state index in [0.717, 1.165) is 5.69 Å². The molecule has 1 atom stereocenters. The number of furan rings is 1. The zero-order valence-corrected chi connectivity index (χ0v) is 19.1. The molecule has 0 saturated carbocycles. The standard InChI is InChI=1S/C21H24N6O5S/c1-14-10-19(27-20(23-14)24-21(25-27)33-2)32-13-16-12-26(7-9-31-16)18(29)11-22-17(28)6-5-15-4-3-8-30-15/h3-6,8,10,16H,7,9,11-13H2,1-2H3,(H,22,28). The summed E-state index contributed by atoms with van der Waals surface area (Å²) in [5.74, 6) is 0.971. The molecule has 1 aliphatic rings. The normalized spacial score (nSPS) is 16.4. The van der Waals surface area contributed by atoms with Gasteiger partial charge in [-0.3, -0.25) is 9.59 Å². The summed E-state index contributed by atoms with van der Waals surface area (Å²) in [6.07, 6.45) is 5.96. The highest BCUT2D eigenvalue weighted by atomic mass is 32.2. The number of ether oxygens (including phenoxy) is 2. The molecule has 0 bridgehead atoms. The van der Waals surface area contributed by atoms with Crippen LogP contribution in [0.3, 0.4) is 0 Å². The summed E-state index contributed by atoms with van der Waals surface area (Å²) >= 11 is 1.42. The summed E-state index contributed by atoms with van der Waals surface area (Å²) in [6, 6.07) is 5.24. The number of carbonyl (C=O) groups is 2. The summed E-state index contributed by atoms with van der Waals surface area (Å²) in [6.45, 7) is 3.18. The molecule has 12 heteroatoms. The number of aromatic nitrogens is 4. The third kappa shape index (κ3) is 5.90. The van der Waals surface area contributed by atoms with E-state index in [9.17, 15) is 9.59 Å². The van der Waals surface area contributed by atoms with Crippen molar-refractivity contribution in [3.05, 3.63) is 42.0 Å². The van der Waals surface area contributed by atoms with Crippen molar-refractivity contribution in [2.24, 2.45) is 0 Å². The molecule has 1 aliphatic heterocycles. The molecule has 3 aromatic rings. The average molecular weight is 473 g/mol. The molecule has 4 heterocycles. The molecule has 1 fully saturated rings. The number of thioether (sulfide) groups is 1. The van der Waals surface area contributed by atoms with E-state index >= 15 is 0 Å². The largest absolute Gasteiger partial charge is 0.475 e. The molecule has 1 saturated heterocycles. The van der Waals surface area contributed by atoms with Crippen LogP contribution < -0.4 is 10.1 Å². The van der Waals surface area contributed by atoms with Gasteiger partial charge in [-0.1, -0.05) is 11.8 Å². The van der Waals surface area contributed by atoms with E-state index in [0.29, 0.717) is 42.3 Å². The molecule has 174 valence electrons. The first-order valence-corrected chi connectivity index (χ1v) is 11.5. The monoisotopic (exact) mass is 472 g/mol. The fourth-order valence-electron chi connectivity index (χ4n) is 3.23. The van der Waals surface area contributed by atoms with Crippen LogP contribution in [-0.4, -0.2) is 81.5 Å². The number of amides is 2. The van der Waals surface area contributed by atoms with E-state index in [1.165, 1.54) is 30.2 Å². The Hall–Kier alpha value is -3.38. The van der Waals surface area contributed by atoms with Crippen molar-refractivity contribution >= 4 is 35.4 Å². The van der Waals surface area contributed by atoms with Crippen molar-refractivity contribution in [3.63, 3.8) is 0 Å². The third-order valence-electron chi connectivity index (χ3n) is 4.84. The Labute approximate surface area is 194 Å². The van der Waals surface area contributed by atoms with E-state index in [1.54, 1.807) is 27.6 Å². The lowest BCUT2D eigenvalue weighted by Crippen LogP contribution is -2.50. The number of hydrogen-bond acceptors (Lipinski definition) is 9. The maximum absolute atomic E-state index is 12.5. The van der Waals surface area contributed by atoms with Gasteiger partial charge in [0, 0.05) is 24.4 Å². The Kier molecular flexibility index (Phi) is 7.25. The number of hydrogen-bond donors (Lipinski definition) is 1. The quantitative estimate of drug-likeness (QED) is 0.380. The first kappa shape index (κ1) is 22.8. The number of nitrogens with one attached hydrogen (secondary N) is 1. The van der Waals surface area contributed by atoms with Gasteiger partial charge in [-0.2, -0.15) is 9.50 Å². The van der Waals surface area contributed by atoms with Gasteiger partial charge >= 0.3 is 0 Å². The molecule has 0 aromatic carbocycles. The highest BCUT2D eigenvalue weighted by Gasteiger charge is 2.25. The smallest absolute Gasteiger partial charge is 0.256 e. The highest BCUT2D eigenvalue weighted by molar-refractivity contribution is 7.98. The molecule has 0 spiro atoms. The van der Waals surface area contributed by atoms with Gasteiger partial charge in [0.15, 0.2) is 0 Å². The summed E-state index contributed by atoms with van der Waals surface area (Å²) < 4.78 is 18.4. The zero-order valence-electron chi connectivity index (χ0n) is 18.3. The SMILES string of the molecule is CSc1nc2nc(C)cc(OCC3CN(C(=O)CNC(=O)C=Cc4ccco4)CCO3)n2n1. The van der Waals surface area contributed by atoms with Crippen LogP contribution in [0.15, 0.2) is 40.1 Å². The van der Waals surface area contributed by atoms with Gasteiger partial charge in [-0.25, -0.2) is 4.98 Å². The average Bonchev–Trinajstić information content (AvgIpc) is 3.49. The zero-order chi connectivity index (χ0) is 23.2. The first-order valence-electron chi connectivity index (χ1n) is 10.3. The van der Waals surface area contributed by atoms with Crippen LogP contribution in [0.25, 0.3) is 11.9 Å². The van der Waals surface area contributed by atoms with Crippen molar-refractivity contribution in [1.82, 2.24) is 29.8 Å². The second-order valence-corrected chi connectivity index (χ2v) is 8.03. The Balaban J connectivity index is 1.29. The minimum Gasteiger partial charge on any atom is -0.475 e. The number of morpholine rings is 1. The Bertz CT molecular complexity index is 1150. The van der Waals surface area contributed by atoms with Crippen LogP contribution >= 0.6 is 11.8 Å².